The first-order valence-corrected chi connectivity index (χ1v) is 6.15. The summed E-state index contributed by atoms with van der Waals surface area (Å²) in [5.74, 6) is 0. The van der Waals surface area contributed by atoms with Crippen LogP contribution in [0, 0.1) is 0 Å². The lowest BCUT2D eigenvalue weighted by molar-refractivity contribution is 0.183. The Kier molecular flexibility index (Phi) is 6.32. The second-order valence-corrected chi connectivity index (χ2v) is 4.26. The van der Waals surface area contributed by atoms with Crippen molar-refractivity contribution in [2.24, 2.45) is 5.73 Å². The van der Waals surface area contributed by atoms with Gasteiger partial charge in [-0.15, -0.1) is 0 Å². The summed E-state index contributed by atoms with van der Waals surface area (Å²) in [5.41, 5.74) is 7.43. The van der Waals surface area contributed by atoms with E-state index in [-0.39, 0.29) is 0 Å². The first-order chi connectivity index (χ1) is 8.71. The fraction of sp³-hybridized carbons (Fsp3) is 0.538. The molecule has 1 aliphatic rings. The summed E-state index contributed by atoms with van der Waals surface area (Å²) in [5, 5.41) is 6.43. The molecule has 5 heteroatoms. The minimum Gasteiger partial charge on any atom is -0.405 e. The average molecular weight is 252 g/mol. The molecular weight excluding hydrogens is 228 g/mol. The Morgan fingerprint density at radius 1 is 1.56 bits per heavy atom. The minimum atomic E-state index is 0.564. The van der Waals surface area contributed by atoms with Crippen LogP contribution in [-0.4, -0.2) is 51.3 Å². The largest absolute Gasteiger partial charge is 0.405 e. The van der Waals surface area contributed by atoms with Gasteiger partial charge in [0.15, 0.2) is 0 Å². The summed E-state index contributed by atoms with van der Waals surface area (Å²) in [6.45, 7) is 7.39. The summed E-state index contributed by atoms with van der Waals surface area (Å²) < 4.78 is 4.98. The van der Waals surface area contributed by atoms with Crippen LogP contribution in [0.5, 0.6) is 0 Å². The molecule has 4 N–H and O–H groups in total. The standard InChI is InChI=1S/C13H24N4O/c1-11(16-6-7-18-3)8-13(4-5-14)17-9-12(10-17)15-2/h4-5,8,12,15-16H,1,6-7,9-10,14H2,2-3H3/b5-4-,13-8+. The highest BCUT2D eigenvalue weighted by Crippen LogP contribution is 2.17. The number of nitrogens with one attached hydrogen (secondary N) is 2. The van der Waals surface area contributed by atoms with E-state index in [1.54, 1.807) is 13.3 Å². The number of allylic oxidation sites excluding steroid dienone is 2. The van der Waals surface area contributed by atoms with E-state index in [1.807, 2.05) is 19.2 Å². The Morgan fingerprint density at radius 2 is 2.28 bits per heavy atom. The van der Waals surface area contributed by atoms with E-state index < -0.39 is 0 Å². The van der Waals surface area contributed by atoms with Crippen molar-refractivity contribution in [1.29, 1.82) is 0 Å². The molecule has 0 atom stereocenters. The lowest BCUT2D eigenvalue weighted by atomic mass is 10.1. The number of likely N-dealkylation sites (N-methyl/N-ethyl adjacent to an activating group) is 1. The zero-order chi connectivity index (χ0) is 13.4. The van der Waals surface area contributed by atoms with Crippen molar-refractivity contribution < 1.29 is 4.74 Å². The molecule has 0 aromatic rings. The van der Waals surface area contributed by atoms with Crippen LogP contribution in [0.25, 0.3) is 0 Å². The molecule has 0 spiro atoms. The summed E-state index contributed by atoms with van der Waals surface area (Å²) in [7, 11) is 3.66. The van der Waals surface area contributed by atoms with E-state index in [0.717, 1.165) is 31.0 Å². The van der Waals surface area contributed by atoms with Crippen LogP contribution in [0.15, 0.2) is 36.3 Å². The Labute approximate surface area is 109 Å². The van der Waals surface area contributed by atoms with Crippen LogP contribution in [0.2, 0.25) is 0 Å². The van der Waals surface area contributed by atoms with Gasteiger partial charge >= 0.3 is 0 Å². The van der Waals surface area contributed by atoms with Gasteiger partial charge in [0.2, 0.25) is 0 Å². The van der Waals surface area contributed by atoms with Gasteiger partial charge in [0, 0.05) is 44.2 Å². The Morgan fingerprint density at radius 3 is 2.83 bits per heavy atom. The zero-order valence-electron chi connectivity index (χ0n) is 11.3. The Bertz CT molecular complexity index is 319. The number of rotatable bonds is 8. The smallest absolute Gasteiger partial charge is 0.0635 e. The molecule has 0 amide bonds. The van der Waals surface area contributed by atoms with Crippen molar-refractivity contribution in [3.8, 4) is 0 Å². The number of methoxy groups -OCH3 is 1. The van der Waals surface area contributed by atoms with Gasteiger partial charge in [-0.3, -0.25) is 0 Å². The number of likely N-dealkylation sites (tertiary alicyclic amines) is 1. The third-order valence-electron chi connectivity index (χ3n) is 2.90. The van der Waals surface area contributed by atoms with Crippen LogP contribution in [0.3, 0.4) is 0 Å². The first-order valence-electron chi connectivity index (χ1n) is 6.15. The predicted octanol–water partition coefficient (Wildman–Crippen LogP) is -0.00400. The van der Waals surface area contributed by atoms with E-state index >= 15 is 0 Å². The van der Waals surface area contributed by atoms with Crippen LogP contribution in [-0.2, 0) is 4.74 Å². The fourth-order valence-corrected chi connectivity index (χ4v) is 1.76. The quantitative estimate of drug-likeness (QED) is 0.419. The predicted molar refractivity (Wildman–Crippen MR) is 74.8 cm³/mol. The van der Waals surface area contributed by atoms with Crippen LogP contribution >= 0.6 is 0 Å². The van der Waals surface area contributed by atoms with Crippen LogP contribution < -0.4 is 16.4 Å². The van der Waals surface area contributed by atoms with E-state index in [2.05, 4.69) is 22.1 Å². The summed E-state index contributed by atoms with van der Waals surface area (Å²) >= 11 is 0. The van der Waals surface area contributed by atoms with E-state index in [1.165, 1.54) is 0 Å². The average Bonchev–Trinajstić information content (AvgIpc) is 2.28. The molecule has 1 aliphatic heterocycles. The highest BCUT2D eigenvalue weighted by Gasteiger charge is 2.25. The Hall–Kier alpha value is -1.46. The molecule has 18 heavy (non-hydrogen) atoms. The number of nitrogens with zero attached hydrogens (tertiary/aromatic N) is 1. The molecule has 1 heterocycles. The summed E-state index contributed by atoms with van der Waals surface area (Å²) in [6.07, 6.45) is 5.46. The normalized spacial score (nSPS) is 17.0. The first kappa shape index (κ1) is 14.6. The maximum Gasteiger partial charge on any atom is 0.0635 e. The van der Waals surface area contributed by atoms with Gasteiger partial charge in [0.1, 0.15) is 0 Å². The molecule has 102 valence electrons. The second-order valence-electron chi connectivity index (χ2n) is 4.26. The van der Waals surface area contributed by atoms with E-state index in [9.17, 15) is 0 Å². The molecule has 0 bridgehead atoms. The molecule has 0 aromatic carbocycles. The number of hydrogen-bond donors (Lipinski definition) is 3. The SMILES string of the molecule is C=C(/C=C(\C=C/N)N1CC(NC)C1)NCCOC. The third kappa shape index (κ3) is 4.43. The molecule has 1 fully saturated rings. The molecule has 0 saturated carbocycles. The molecule has 0 aromatic heterocycles. The van der Waals surface area contributed by atoms with Gasteiger partial charge in [0.05, 0.1) is 6.61 Å². The Balaban J connectivity index is 2.48. The van der Waals surface area contributed by atoms with Crippen LogP contribution in [0.4, 0.5) is 0 Å². The molecule has 0 unspecified atom stereocenters. The number of hydrogen-bond acceptors (Lipinski definition) is 5. The van der Waals surface area contributed by atoms with Crippen LogP contribution in [0.1, 0.15) is 0 Å². The van der Waals surface area contributed by atoms with Gasteiger partial charge in [0.25, 0.3) is 0 Å². The van der Waals surface area contributed by atoms with Gasteiger partial charge < -0.3 is 26.0 Å². The van der Waals surface area contributed by atoms with Crippen molar-refractivity contribution in [1.82, 2.24) is 15.5 Å². The fourth-order valence-electron chi connectivity index (χ4n) is 1.76. The molecule has 1 rings (SSSR count). The van der Waals surface area contributed by atoms with Crippen molar-refractivity contribution in [2.45, 2.75) is 6.04 Å². The molecular formula is C13H24N4O. The lowest BCUT2D eigenvalue weighted by Crippen LogP contribution is -2.56. The van der Waals surface area contributed by atoms with Crippen molar-refractivity contribution >= 4 is 0 Å². The summed E-state index contributed by atoms with van der Waals surface area (Å²) in [4.78, 5) is 2.26. The molecule has 0 aliphatic carbocycles. The van der Waals surface area contributed by atoms with E-state index in [0.29, 0.717) is 12.6 Å². The number of nitrogens with two attached hydrogens (primary N) is 1. The van der Waals surface area contributed by atoms with Crippen molar-refractivity contribution in [2.75, 3.05) is 40.4 Å². The summed E-state index contributed by atoms with van der Waals surface area (Å²) in [6, 6.07) is 0.564. The number of ether oxygens (including phenoxy) is 1. The highest BCUT2D eigenvalue weighted by molar-refractivity contribution is 5.28. The monoisotopic (exact) mass is 252 g/mol. The second kappa shape index (κ2) is 7.79. The maximum atomic E-state index is 5.48. The van der Waals surface area contributed by atoms with E-state index in [4.69, 9.17) is 10.5 Å². The lowest BCUT2D eigenvalue weighted by Gasteiger charge is -2.41. The topological polar surface area (TPSA) is 62.5 Å². The van der Waals surface area contributed by atoms with Gasteiger partial charge in [-0.25, -0.2) is 0 Å². The maximum absolute atomic E-state index is 5.48. The van der Waals surface area contributed by atoms with Gasteiger partial charge in [-0.05, 0) is 25.4 Å². The molecule has 5 nitrogen and oxygen atoms in total. The molecule has 1 saturated heterocycles. The minimum absolute atomic E-state index is 0.564. The van der Waals surface area contributed by atoms with Gasteiger partial charge in [-0.1, -0.05) is 6.58 Å². The van der Waals surface area contributed by atoms with Crippen molar-refractivity contribution in [3.05, 3.63) is 36.3 Å². The highest BCUT2D eigenvalue weighted by atomic mass is 16.5. The van der Waals surface area contributed by atoms with Crippen molar-refractivity contribution in [3.63, 3.8) is 0 Å². The third-order valence-corrected chi connectivity index (χ3v) is 2.90. The molecule has 0 radical (unpaired) electrons. The zero-order valence-corrected chi connectivity index (χ0v) is 11.3. The van der Waals surface area contributed by atoms with Gasteiger partial charge in [-0.2, -0.15) is 0 Å².